The lowest BCUT2D eigenvalue weighted by atomic mass is 10.3. The summed E-state index contributed by atoms with van der Waals surface area (Å²) in [5.74, 6) is 1.21. The number of halogens is 1. The summed E-state index contributed by atoms with van der Waals surface area (Å²) in [6.07, 6.45) is 2.86. The zero-order valence-corrected chi connectivity index (χ0v) is 10.5. The minimum absolute atomic E-state index is 0.0253. The van der Waals surface area contributed by atoms with Crippen molar-refractivity contribution in [2.45, 2.75) is 6.04 Å². The first-order valence-electron chi connectivity index (χ1n) is 5.43. The molecule has 1 saturated carbocycles. The van der Waals surface area contributed by atoms with Gasteiger partial charge in [-0.1, -0.05) is 0 Å². The predicted octanol–water partition coefficient (Wildman–Crippen LogP) is 1.38. The number of aromatic nitrogens is 1. The molecule has 0 aromatic carbocycles. The molecule has 2 N–H and O–H groups in total. The zero-order valence-electron chi connectivity index (χ0n) is 8.89. The van der Waals surface area contributed by atoms with Gasteiger partial charge in [-0.05, 0) is 27.8 Å². The number of piperidine rings is 1. The summed E-state index contributed by atoms with van der Waals surface area (Å²) in [6, 6.07) is 0.355. The summed E-state index contributed by atoms with van der Waals surface area (Å²) < 4.78 is 0.643. The van der Waals surface area contributed by atoms with E-state index in [0.717, 1.165) is 13.1 Å². The topological polar surface area (TPSA) is 80.1 Å². The van der Waals surface area contributed by atoms with Crippen LogP contribution < -0.4 is 10.6 Å². The molecule has 1 aliphatic heterocycles. The molecule has 2 unspecified atom stereocenters. The van der Waals surface area contributed by atoms with Gasteiger partial charge in [0, 0.05) is 25.3 Å². The average molecular weight is 299 g/mol. The van der Waals surface area contributed by atoms with Crippen LogP contribution in [0, 0.1) is 22.0 Å². The third kappa shape index (κ3) is 1.79. The van der Waals surface area contributed by atoms with Gasteiger partial charge in [-0.3, -0.25) is 15.1 Å². The van der Waals surface area contributed by atoms with Crippen LogP contribution in [0.2, 0.25) is 0 Å². The van der Waals surface area contributed by atoms with E-state index in [0.29, 0.717) is 28.0 Å². The summed E-state index contributed by atoms with van der Waals surface area (Å²) in [7, 11) is 0. The molecule has 1 saturated heterocycles. The van der Waals surface area contributed by atoms with Crippen LogP contribution in [-0.2, 0) is 0 Å². The average Bonchev–Trinajstić information content (AvgIpc) is 2.74. The third-order valence-electron chi connectivity index (χ3n) is 3.48. The highest BCUT2D eigenvalue weighted by Crippen LogP contribution is 2.45. The van der Waals surface area contributed by atoms with Crippen molar-refractivity contribution in [2.24, 2.45) is 11.8 Å². The van der Waals surface area contributed by atoms with Gasteiger partial charge in [-0.15, -0.1) is 0 Å². The van der Waals surface area contributed by atoms with Crippen LogP contribution >= 0.6 is 15.9 Å². The van der Waals surface area contributed by atoms with Gasteiger partial charge in [0.1, 0.15) is 11.9 Å². The van der Waals surface area contributed by atoms with Crippen LogP contribution in [0.1, 0.15) is 0 Å². The van der Waals surface area contributed by atoms with Gasteiger partial charge in [0.15, 0.2) is 0 Å². The van der Waals surface area contributed by atoms with Crippen molar-refractivity contribution in [3.63, 3.8) is 0 Å². The molecule has 1 aliphatic carbocycles. The second-order valence-electron chi connectivity index (χ2n) is 4.43. The number of hydrogen-bond acceptors (Lipinski definition) is 5. The van der Waals surface area contributed by atoms with E-state index in [9.17, 15) is 10.1 Å². The van der Waals surface area contributed by atoms with E-state index in [1.54, 1.807) is 6.20 Å². The Hall–Kier alpha value is -1.21. The Morgan fingerprint density at radius 1 is 1.47 bits per heavy atom. The van der Waals surface area contributed by atoms with E-state index in [1.165, 1.54) is 6.20 Å². The highest BCUT2D eigenvalue weighted by Gasteiger charge is 2.53. The van der Waals surface area contributed by atoms with Crippen molar-refractivity contribution in [1.82, 2.24) is 10.3 Å². The van der Waals surface area contributed by atoms with Gasteiger partial charge >= 0.3 is 5.69 Å². The quantitative estimate of drug-likeness (QED) is 0.651. The first-order valence-corrected chi connectivity index (χ1v) is 6.23. The van der Waals surface area contributed by atoms with Gasteiger partial charge in [0.2, 0.25) is 0 Å². The van der Waals surface area contributed by atoms with Gasteiger partial charge < -0.3 is 10.6 Å². The number of hydrogen-bond donors (Lipinski definition) is 2. The summed E-state index contributed by atoms with van der Waals surface area (Å²) >= 11 is 3.31. The molecule has 0 spiro atoms. The third-order valence-corrected chi connectivity index (χ3v) is 4.08. The zero-order chi connectivity index (χ0) is 12.0. The largest absolute Gasteiger partial charge is 0.375 e. The minimum atomic E-state index is -0.406. The van der Waals surface area contributed by atoms with Crippen LogP contribution in [0.4, 0.5) is 11.4 Å². The van der Waals surface area contributed by atoms with E-state index < -0.39 is 4.92 Å². The second kappa shape index (κ2) is 3.92. The second-order valence-corrected chi connectivity index (χ2v) is 5.28. The van der Waals surface area contributed by atoms with Crippen molar-refractivity contribution in [3.8, 4) is 0 Å². The van der Waals surface area contributed by atoms with E-state index in [1.807, 2.05) is 0 Å². The first-order chi connectivity index (χ1) is 8.18. The number of nitrogens with one attached hydrogen (secondary N) is 2. The Labute approximate surface area is 106 Å². The van der Waals surface area contributed by atoms with Crippen molar-refractivity contribution in [3.05, 3.63) is 27.0 Å². The van der Waals surface area contributed by atoms with E-state index >= 15 is 0 Å². The summed E-state index contributed by atoms with van der Waals surface area (Å²) in [6.45, 7) is 2.00. The Morgan fingerprint density at radius 3 is 2.82 bits per heavy atom. The molecular weight excluding hydrogens is 288 g/mol. The number of anilines is 1. The fourth-order valence-electron chi connectivity index (χ4n) is 2.51. The molecule has 7 heteroatoms. The lowest BCUT2D eigenvalue weighted by Crippen LogP contribution is -2.21. The maximum absolute atomic E-state index is 10.9. The Bertz CT molecular complexity index is 471. The van der Waals surface area contributed by atoms with Crippen molar-refractivity contribution in [2.75, 3.05) is 18.4 Å². The van der Waals surface area contributed by atoms with E-state index in [4.69, 9.17) is 0 Å². The lowest BCUT2D eigenvalue weighted by molar-refractivity contribution is -0.384. The number of fused-ring (bicyclic) bond motifs is 1. The fraction of sp³-hybridized carbons (Fsp3) is 0.500. The van der Waals surface area contributed by atoms with E-state index in [2.05, 4.69) is 31.5 Å². The summed E-state index contributed by atoms with van der Waals surface area (Å²) in [5, 5.41) is 17.5. The molecule has 0 radical (unpaired) electrons. The van der Waals surface area contributed by atoms with Crippen molar-refractivity contribution >= 4 is 27.3 Å². The van der Waals surface area contributed by atoms with Crippen molar-refractivity contribution < 1.29 is 4.92 Å². The number of nitro groups is 1. The van der Waals surface area contributed by atoms with Crippen LogP contribution in [0.5, 0.6) is 0 Å². The fourth-order valence-corrected chi connectivity index (χ4v) is 2.94. The molecule has 2 heterocycles. The van der Waals surface area contributed by atoms with Crippen molar-refractivity contribution in [1.29, 1.82) is 0 Å². The van der Waals surface area contributed by atoms with E-state index in [-0.39, 0.29) is 5.69 Å². The smallest absolute Gasteiger partial charge is 0.311 e. The van der Waals surface area contributed by atoms with Gasteiger partial charge in [0.05, 0.1) is 9.40 Å². The molecular formula is C10H11BrN4O2. The summed E-state index contributed by atoms with van der Waals surface area (Å²) in [5.41, 5.74) is 0.571. The standard InChI is InChI=1S/C10H11BrN4O2/c11-7-3-13-4-8(15(16)17)10(7)14-9-5-1-12-2-6(5)9/h3-6,9,12H,1-2H2,(H,13,14). The predicted molar refractivity (Wildman–Crippen MR) is 65.9 cm³/mol. The first kappa shape index (κ1) is 10.9. The molecule has 90 valence electrons. The molecule has 0 bridgehead atoms. The monoisotopic (exact) mass is 298 g/mol. The maximum Gasteiger partial charge on any atom is 0.311 e. The number of rotatable bonds is 3. The molecule has 2 atom stereocenters. The molecule has 1 aromatic rings. The van der Waals surface area contributed by atoms with Crippen LogP contribution in [0.15, 0.2) is 16.9 Å². The highest BCUT2D eigenvalue weighted by atomic mass is 79.9. The normalized spacial score (nSPS) is 29.8. The van der Waals surface area contributed by atoms with Gasteiger partial charge in [-0.25, -0.2) is 0 Å². The lowest BCUT2D eigenvalue weighted by Gasteiger charge is -2.10. The molecule has 3 rings (SSSR count). The number of pyridine rings is 1. The Morgan fingerprint density at radius 2 is 2.18 bits per heavy atom. The Balaban J connectivity index is 1.84. The highest BCUT2D eigenvalue weighted by molar-refractivity contribution is 9.10. The minimum Gasteiger partial charge on any atom is -0.375 e. The summed E-state index contributed by atoms with van der Waals surface area (Å²) in [4.78, 5) is 14.3. The number of nitrogens with zero attached hydrogens (tertiary/aromatic N) is 2. The SMILES string of the molecule is O=[N+]([O-])c1cncc(Br)c1NC1C2CNCC21. The molecule has 2 aliphatic rings. The Kier molecular flexibility index (Phi) is 2.52. The molecule has 0 amide bonds. The maximum atomic E-state index is 10.9. The van der Waals surface area contributed by atoms with Crippen LogP contribution in [0.25, 0.3) is 0 Å². The van der Waals surface area contributed by atoms with Crippen LogP contribution in [0.3, 0.4) is 0 Å². The van der Waals surface area contributed by atoms with Gasteiger partial charge in [0.25, 0.3) is 0 Å². The van der Waals surface area contributed by atoms with Crippen LogP contribution in [-0.4, -0.2) is 29.0 Å². The molecule has 1 aromatic heterocycles. The van der Waals surface area contributed by atoms with Gasteiger partial charge in [-0.2, -0.15) is 0 Å². The molecule has 2 fully saturated rings. The molecule has 6 nitrogen and oxygen atoms in total. The molecule has 17 heavy (non-hydrogen) atoms.